The van der Waals surface area contributed by atoms with Gasteiger partial charge in [-0.15, -0.1) is 0 Å². The van der Waals surface area contributed by atoms with Crippen molar-refractivity contribution in [2.45, 2.75) is 26.2 Å². The van der Waals surface area contributed by atoms with Crippen molar-refractivity contribution in [3.05, 3.63) is 36.1 Å². The third-order valence-corrected chi connectivity index (χ3v) is 7.99. The van der Waals surface area contributed by atoms with Gasteiger partial charge in [-0.3, -0.25) is 4.79 Å². The van der Waals surface area contributed by atoms with Crippen LogP contribution < -0.4 is 25.4 Å². The quantitative estimate of drug-likeness (QED) is 0.166. The lowest BCUT2D eigenvalue weighted by atomic mass is 10.1. The number of hydrogen-bond donors (Lipinski definition) is 3. The van der Waals surface area contributed by atoms with E-state index in [0.29, 0.717) is 36.6 Å². The van der Waals surface area contributed by atoms with Crippen molar-refractivity contribution in [3.63, 3.8) is 0 Å². The molecule has 0 unspecified atom stereocenters. The summed E-state index contributed by atoms with van der Waals surface area (Å²) in [5.41, 5.74) is 0.0347. The normalized spacial score (nSPS) is 11.9. The van der Waals surface area contributed by atoms with Gasteiger partial charge < -0.3 is 29.8 Å². The van der Waals surface area contributed by atoms with Crippen LogP contribution in [0.15, 0.2) is 34.7 Å². The second-order valence-corrected chi connectivity index (χ2v) is 14.3. The molecule has 0 bridgehead atoms. The molecule has 3 aromatic rings. The topological polar surface area (TPSA) is 187 Å². The molecule has 3 rings (SSSR count). The minimum absolute atomic E-state index is 0.0295. The fourth-order valence-corrected chi connectivity index (χ4v) is 5.25. The van der Waals surface area contributed by atoms with Crippen LogP contribution in [0.2, 0.25) is 0 Å². The lowest BCUT2D eigenvalue weighted by Crippen LogP contribution is -2.35. The summed E-state index contributed by atoms with van der Waals surface area (Å²) in [5, 5.41) is 9.17. The summed E-state index contributed by atoms with van der Waals surface area (Å²) in [7, 11) is -6.14. The SMILES string of the molecule is CC(=O)c1cc2c(OC(=O)NCCNCCS(C)(=O)=O)c3ccccc3c(OC(=O)NCCCCCS(C)(=O)=O)c2o1. The van der Waals surface area contributed by atoms with E-state index >= 15 is 0 Å². The Morgan fingerprint density at radius 3 is 1.95 bits per heavy atom. The molecule has 0 saturated heterocycles. The fourth-order valence-electron chi connectivity index (χ4n) is 4.01. The summed E-state index contributed by atoms with van der Waals surface area (Å²) < 4.78 is 62.0. The maximum absolute atomic E-state index is 12.7. The zero-order valence-electron chi connectivity index (χ0n) is 23.6. The van der Waals surface area contributed by atoms with Gasteiger partial charge in [0, 0.05) is 62.1 Å². The Labute approximate surface area is 244 Å². The molecule has 0 saturated carbocycles. The first-order valence-electron chi connectivity index (χ1n) is 13.2. The maximum Gasteiger partial charge on any atom is 0.412 e. The van der Waals surface area contributed by atoms with Crippen LogP contribution in [0.1, 0.15) is 36.7 Å². The van der Waals surface area contributed by atoms with Gasteiger partial charge in [0.2, 0.25) is 0 Å². The van der Waals surface area contributed by atoms with Gasteiger partial charge >= 0.3 is 12.2 Å². The molecule has 2 aromatic carbocycles. The maximum atomic E-state index is 12.7. The van der Waals surface area contributed by atoms with Crippen LogP contribution in [-0.2, 0) is 19.7 Å². The van der Waals surface area contributed by atoms with Crippen molar-refractivity contribution < 1.29 is 45.1 Å². The Balaban J connectivity index is 1.77. The van der Waals surface area contributed by atoms with Crippen LogP contribution in [0.4, 0.5) is 9.59 Å². The number of unbranched alkanes of at least 4 members (excludes halogenated alkanes) is 2. The molecule has 0 radical (unpaired) electrons. The highest BCUT2D eigenvalue weighted by molar-refractivity contribution is 7.90. The van der Waals surface area contributed by atoms with Crippen LogP contribution in [0.25, 0.3) is 21.7 Å². The number of nitrogens with one attached hydrogen (secondary N) is 3. The highest BCUT2D eigenvalue weighted by Crippen LogP contribution is 2.44. The molecule has 0 aliphatic heterocycles. The van der Waals surface area contributed by atoms with E-state index in [-0.39, 0.29) is 59.4 Å². The van der Waals surface area contributed by atoms with E-state index in [9.17, 15) is 31.2 Å². The molecule has 0 fully saturated rings. The molecule has 15 heteroatoms. The summed E-state index contributed by atoms with van der Waals surface area (Å²) in [6, 6.07) is 8.12. The highest BCUT2D eigenvalue weighted by atomic mass is 32.2. The van der Waals surface area contributed by atoms with Gasteiger partial charge in [0.25, 0.3) is 0 Å². The number of benzene rings is 2. The third-order valence-electron chi connectivity index (χ3n) is 6.02. The number of carbonyl (C=O) groups is 3. The second-order valence-electron chi connectivity index (χ2n) is 9.82. The smallest absolute Gasteiger partial charge is 0.412 e. The van der Waals surface area contributed by atoms with E-state index in [1.165, 1.54) is 19.2 Å². The molecule has 0 aliphatic rings. The number of amides is 2. The first kappa shape index (κ1) is 32.8. The summed E-state index contributed by atoms with van der Waals surface area (Å²) in [6.07, 6.45) is 2.37. The van der Waals surface area contributed by atoms with E-state index in [1.54, 1.807) is 24.3 Å². The van der Waals surface area contributed by atoms with Gasteiger partial charge in [-0.1, -0.05) is 30.7 Å². The van der Waals surface area contributed by atoms with E-state index in [1.807, 2.05) is 0 Å². The standard InChI is InChI=1S/C27H35N3O10S2/c1-18(31)22-17-21-23(39-27(33)30-13-12-28-14-16-42(3,36)37)19-9-5-6-10-20(19)24(25(21)38-22)40-26(32)29-11-7-4-8-15-41(2,34)35/h5-6,9-10,17,28H,4,7-8,11-16H2,1-3H3,(H,29,32)(H,30,33). The van der Waals surface area contributed by atoms with Crippen LogP contribution >= 0.6 is 0 Å². The molecule has 1 heterocycles. The van der Waals surface area contributed by atoms with Gasteiger partial charge in [-0.2, -0.15) is 0 Å². The molecule has 42 heavy (non-hydrogen) atoms. The Kier molecular flexibility index (Phi) is 11.3. The molecule has 2 amide bonds. The van der Waals surface area contributed by atoms with E-state index in [2.05, 4.69) is 16.0 Å². The van der Waals surface area contributed by atoms with Crippen LogP contribution in [0, 0.1) is 0 Å². The lowest BCUT2D eigenvalue weighted by Gasteiger charge is -2.14. The number of ketones is 1. The molecule has 0 atom stereocenters. The van der Waals surface area contributed by atoms with Crippen LogP contribution in [0.5, 0.6) is 11.5 Å². The predicted molar refractivity (Wildman–Crippen MR) is 158 cm³/mol. The second kappa shape index (κ2) is 14.5. The molecular weight excluding hydrogens is 590 g/mol. The van der Waals surface area contributed by atoms with Gasteiger partial charge in [-0.05, 0) is 18.9 Å². The summed E-state index contributed by atoms with van der Waals surface area (Å²) >= 11 is 0. The predicted octanol–water partition coefficient (Wildman–Crippen LogP) is 2.81. The van der Waals surface area contributed by atoms with E-state index in [0.717, 1.165) is 6.26 Å². The fraction of sp³-hybridized carbons (Fsp3) is 0.444. The molecular formula is C27H35N3O10S2. The number of carbonyl (C=O) groups excluding carboxylic acids is 3. The minimum Gasteiger partial charge on any atom is -0.449 e. The van der Waals surface area contributed by atoms with Crippen molar-refractivity contribution in [3.8, 4) is 11.5 Å². The Morgan fingerprint density at radius 2 is 1.33 bits per heavy atom. The van der Waals surface area contributed by atoms with E-state index in [4.69, 9.17) is 13.9 Å². The van der Waals surface area contributed by atoms with E-state index < -0.39 is 37.6 Å². The molecule has 0 spiro atoms. The Bertz CT molecular complexity index is 1550. The first-order chi connectivity index (χ1) is 19.7. The van der Waals surface area contributed by atoms with Gasteiger partial charge in [0.05, 0.1) is 11.1 Å². The summed E-state index contributed by atoms with van der Waals surface area (Å²) in [5.74, 6) is -0.249. The lowest BCUT2D eigenvalue weighted by molar-refractivity contribution is 0.0989. The first-order valence-corrected chi connectivity index (χ1v) is 17.3. The number of furan rings is 1. The van der Waals surface area contributed by atoms with Crippen LogP contribution in [-0.4, -0.2) is 85.0 Å². The number of ether oxygens (including phenoxy) is 2. The number of sulfone groups is 2. The molecule has 3 N–H and O–H groups in total. The molecule has 0 aliphatic carbocycles. The Morgan fingerprint density at radius 1 is 0.738 bits per heavy atom. The van der Waals surface area contributed by atoms with Crippen molar-refractivity contribution >= 4 is 59.4 Å². The van der Waals surface area contributed by atoms with Gasteiger partial charge in [-0.25, -0.2) is 26.4 Å². The monoisotopic (exact) mass is 625 g/mol. The zero-order chi connectivity index (χ0) is 30.9. The average molecular weight is 626 g/mol. The zero-order valence-corrected chi connectivity index (χ0v) is 25.3. The largest absolute Gasteiger partial charge is 0.449 e. The summed E-state index contributed by atoms with van der Waals surface area (Å²) in [4.78, 5) is 37.5. The molecule has 230 valence electrons. The third kappa shape index (κ3) is 9.99. The molecule has 13 nitrogen and oxygen atoms in total. The number of rotatable bonds is 15. The number of hydrogen-bond acceptors (Lipinski definition) is 11. The van der Waals surface area contributed by atoms with Crippen molar-refractivity contribution in [2.24, 2.45) is 0 Å². The number of Topliss-reactive ketones (excluding diaryl/α,β-unsaturated/α-hetero) is 1. The summed E-state index contributed by atoms with van der Waals surface area (Å²) in [6.45, 7) is 2.26. The van der Waals surface area contributed by atoms with Crippen molar-refractivity contribution in [1.82, 2.24) is 16.0 Å². The highest BCUT2D eigenvalue weighted by Gasteiger charge is 2.24. The van der Waals surface area contributed by atoms with Crippen molar-refractivity contribution in [1.29, 1.82) is 0 Å². The van der Waals surface area contributed by atoms with Gasteiger partial charge in [0.1, 0.15) is 19.7 Å². The molecule has 1 aromatic heterocycles. The number of fused-ring (bicyclic) bond motifs is 2. The van der Waals surface area contributed by atoms with Crippen molar-refractivity contribution in [2.75, 3.05) is 50.2 Å². The van der Waals surface area contributed by atoms with Crippen LogP contribution in [0.3, 0.4) is 0 Å². The Hall–Kier alpha value is -3.69. The average Bonchev–Trinajstić information content (AvgIpc) is 3.35. The van der Waals surface area contributed by atoms with Gasteiger partial charge in [0.15, 0.2) is 28.6 Å². The minimum atomic E-state index is -3.10.